The molecule has 0 bridgehead atoms. The first-order chi connectivity index (χ1) is 8.15. The van der Waals surface area contributed by atoms with Crippen LogP contribution in [0.1, 0.15) is 19.5 Å². The Morgan fingerprint density at radius 3 is 2.24 bits per heavy atom. The van der Waals surface area contributed by atoms with Gasteiger partial charge in [0.2, 0.25) is 5.88 Å². The lowest BCUT2D eigenvalue weighted by molar-refractivity contribution is 0.233. The van der Waals surface area contributed by atoms with E-state index in [0.717, 1.165) is 17.1 Å². The van der Waals surface area contributed by atoms with Crippen LogP contribution in [0.25, 0.3) is 11.4 Å². The summed E-state index contributed by atoms with van der Waals surface area (Å²) in [6, 6.07) is 11.6. The molecule has 0 fully saturated rings. The highest BCUT2D eigenvalue weighted by Crippen LogP contribution is 2.18. The molecule has 3 heteroatoms. The van der Waals surface area contributed by atoms with Gasteiger partial charge in [0, 0.05) is 11.8 Å². The molecule has 0 radical (unpaired) electrons. The highest BCUT2D eigenvalue weighted by Gasteiger charge is 2.04. The van der Waals surface area contributed by atoms with Crippen molar-refractivity contribution in [1.82, 2.24) is 9.97 Å². The van der Waals surface area contributed by atoms with Crippen LogP contribution in [0.15, 0.2) is 36.4 Å². The summed E-state index contributed by atoms with van der Waals surface area (Å²) in [5, 5.41) is 0. The van der Waals surface area contributed by atoms with E-state index in [-0.39, 0.29) is 6.10 Å². The van der Waals surface area contributed by atoms with Crippen molar-refractivity contribution >= 4 is 0 Å². The number of rotatable bonds is 3. The summed E-state index contributed by atoms with van der Waals surface area (Å²) in [6.07, 6.45) is 0.128. The fraction of sp³-hybridized carbons (Fsp3) is 0.286. The molecule has 2 aromatic heterocycles. The quantitative estimate of drug-likeness (QED) is 0.809. The van der Waals surface area contributed by atoms with Crippen LogP contribution in [0.2, 0.25) is 0 Å². The van der Waals surface area contributed by atoms with Gasteiger partial charge in [-0.05, 0) is 39.0 Å². The molecule has 2 rings (SSSR count). The zero-order valence-electron chi connectivity index (χ0n) is 10.3. The van der Waals surface area contributed by atoms with Crippen molar-refractivity contribution in [3.05, 3.63) is 42.1 Å². The zero-order valence-corrected chi connectivity index (χ0v) is 10.3. The highest BCUT2D eigenvalue weighted by atomic mass is 16.5. The Balaban J connectivity index is 2.33. The minimum Gasteiger partial charge on any atom is -0.475 e. The summed E-state index contributed by atoms with van der Waals surface area (Å²) in [5.74, 6) is 0.640. The Hall–Kier alpha value is -1.90. The Kier molecular flexibility index (Phi) is 3.38. The molecule has 0 aromatic carbocycles. The molecule has 17 heavy (non-hydrogen) atoms. The van der Waals surface area contributed by atoms with E-state index in [4.69, 9.17) is 4.74 Å². The molecule has 0 aliphatic heterocycles. The van der Waals surface area contributed by atoms with Gasteiger partial charge in [0.05, 0.1) is 17.5 Å². The second kappa shape index (κ2) is 4.95. The average Bonchev–Trinajstić information content (AvgIpc) is 2.28. The molecule has 0 saturated heterocycles. The molecule has 0 saturated carbocycles. The van der Waals surface area contributed by atoms with Gasteiger partial charge < -0.3 is 4.74 Å². The maximum absolute atomic E-state index is 5.57. The minimum absolute atomic E-state index is 0.128. The van der Waals surface area contributed by atoms with E-state index < -0.39 is 0 Å². The largest absolute Gasteiger partial charge is 0.475 e. The number of pyridine rings is 2. The van der Waals surface area contributed by atoms with Gasteiger partial charge in [-0.25, -0.2) is 4.98 Å². The Morgan fingerprint density at radius 2 is 1.59 bits per heavy atom. The van der Waals surface area contributed by atoms with E-state index in [1.54, 1.807) is 0 Å². The highest BCUT2D eigenvalue weighted by molar-refractivity contribution is 5.54. The Morgan fingerprint density at radius 1 is 0.941 bits per heavy atom. The number of aryl methyl sites for hydroxylation is 1. The van der Waals surface area contributed by atoms with E-state index >= 15 is 0 Å². The SMILES string of the molecule is Cc1cccc(-c2cccc(OC(C)C)n2)n1. The monoisotopic (exact) mass is 228 g/mol. The standard InChI is InChI=1S/C14H16N2O/c1-10(2)17-14-9-5-8-13(16-14)12-7-4-6-11(3)15-12/h4-10H,1-3H3. The first kappa shape index (κ1) is 11.6. The fourth-order valence-corrected chi connectivity index (χ4v) is 1.55. The van der Waals surface area contributed by atoms with Gasteiger partial charge in [0.15, 0.2) is 0 Å². The van der Waals surface area contributed by atoms with E-state index in [9.17, 15) is 0 Å². The number of aromatic nitrogens is 2. The second-order valence-corrected chi connectivity index (χ2v) is 4.19. The Bertz CT molecular complexity index is 509. The van der Waals surface area contributed by atoms with Gasteiger partial charge in [-0.1, -0.05) is 12.1 Å². The van der Waals surface area contributed by atoms with Crippen LogP contribution in [-0.4, -0.2) is 16.1 Å². The van der Waals surface area contributed by atoms with Gasteiger partial charge in [0.25, 0.3) is 0 Å². The lowest BCUT2D eigenvalue weighted by Gasteiger charge is -2.09. The molecule has 0 atom stereocenters. The summed E-state index contributed by atoms with van der Waals surface area (Å²) in [5.41, 5.74) is 2.70. The Labute approximate surface area is 102 Å². The second-order valence-electron chi connectivity index (χ2n) is 4.19. The number of nitrogens with zero attached hydrogens (tertiary/aromatic N) is 2. The summed E-state index contributed by atoms with van der Waals surface area (Å²) in [4.78, 5) is 8.89. The predicted molar refractivity (Wildman–Crippen MR) is 68.0 cm³/mol. The first-order valence-electron chi connectivity index (χ1n) is 5.73. The van der Waals surface area contributed by atoms with Crippen LogP contribution in [0.4, 0.5) is 0 Å². The van der Waals surface area contributed by atoms with Crippen LogP contribution in [-0.2, 0) is 0 Å². The van der Waals surface area contributed by atoms with Crippen molar-refractivity contribution in [3.8, 4) is 17.3 Å². The summed E-state index contributed by atoms with van der Waals surface area (Å²) in [6.45, 7) is 5.94. The molecule has 2 heterocycles. The van der Waals surface area contributed by atoms with Crippen molar-refractivity contribution in [2.45, 2.75) is 26.9 Å². The van der Waals surface area contributed by atoms with E-state index in [1.807, 2.05) is 57.2 Å². The third-order valence-corrected chi connectivity index (χ3v) is 2.23. The first-order valence-corrected chi connectivity index (χ1v) is 5.73. The molecule has 2 aromatic rings. The van der Waals surface area contributed by atoms with Gasteiger partial charge >= 0.3 is 0 Å². The molecule has 0 aliphatic rings. The summed E-state index contributed by atoms with van der Waals surface area (Å²) in [7, 11) is 0. The third kappa shape index (κ3) is 3.03. The summed E-state index contributed by atoms with van der Waals surface area (Å²) < 4.78 is 5.57. The van der Waals surface area contributed by atoms with E-state index in [0.29, 0.717) is 5.88 Å². The van der Waals surface area contributed by atoms with Crippen LogP contribution >= 0.6 is 0 Å². The van der Waals surface area contributed by atoms with Crippen molar-refractivity contribution in [3.63, 3.8) is 0 Å². The van der Waals surface area contributed by atoms with Gasteiger partial charge in [-0.15, -0.1) is 0 Å². The molecular formula is C14H16N2O. The van der Waals surface area contributed by atoms with Crippen LogP contribution in [0.5, 0.6) is 5.88 Å². The van der Waals surface area contributed by atoms with Crippen molar-refractivity contribution in [2.24, 2.45) is 0 Å². The van der Waals surface area contributed by atoms with Crippen molar-refractivity contribution < 1.29 is 4.74 Å². The zero-order chi connectivity index (χ0) is 12.3. The minimum atomic E-state index is 0.128. The van der Waals surface area contributed by atoms with Crippen LogP contribution in [0.3, 0.4) is 0 Å². The molecule has 0 aliphatic carbocycles. The van der Waals surface area contributed by atoms with Crippen molar-refractivity contribution in [1.29, 1.82) is 0 Å². The van der Waals surface area contributed by atoms with Gasteiger partial charge in [0.1, 0.15) is 0 Å². The van der Waals surface area contributed by atoms with Crippen LogP contribution in [0, 0.1) is 6.92 Å². The molecule has 0 spiro atoms. The predicted octanol–water partition coefficient (Wildman–Crippen LogP) is 3.24. The molecule has 0 amide bonds. The molecule has 0 unspecified atom stereocenters. The molecular weight excluding hydrogens is 212 g/mol. The lowest BCUT2D eigenvalue weighted by Crippen LogP contribution is -2.07. The molecule has 3 nitrogen and oxygen atoms in total. The lowest BCUT2D eigenvalue weighted by atomic mass is 10.2. The average molecular weight is 228 g/mol. The third-order valence-electron chi connectivity index (χ3n) is 2.23. The number of hydrogen-bond acceptors (Lipinski definition) is 3. The van der Waals surface area contributed by atoms with E-state index in [2.05, 4.69) is 9.97 Å². The van der Waals surface area contributed by atoms with E-state index in [1.165, 1.54) is 0 Å². The fourth-order valence-electron chi connectivity index (χ4n) is 1.55. The van der Waals surface area contributed by atoms with Crippen molar-refractivity contribution in [2.75, 3.05) is 0 Å². The number of ether oxygens (including phenoxy) is 1. The smallest absolute Gasteiger partial charge is 0.214 e. The topological polar surface area (TPSA) is 35.0 Å². The molecule has 0 N–H and O–H groups in total. The molecule has 88 valence electrons. The maximum Gasteiger partial charge on any atom is 0.214 e. The summed E-state index contributed by atoms with van der Waals surface area (Å²) >= 11 is 0. The van der Waals surface area contributed by atoms with Gasteiger partial charge in [-0.2, -0.15) is 0 Å². The maximum atomic E-state index is 5.57. The van der Waals surface area contributed by atoms with Crippen LogP contribution < -0.4 is 4.74 Å². The normalized spacial score (nSPS) is 10.6. The van der Waals surface area contributed by atoms with Gasteiger partial charge in [-0.3, -0.25) is 4.98 Å². The number of hydrogen-bond donors (Lipinski definition) is 0.